The van der Waals surface area contributed by atoms with Gasteiger partial charge in [0.05, 0.1) is 12.0 Å². The van der Waals surface area contributed by atoms with Crippen molar-refractivity contribution in [1.82, 2.24) is 5.32 Å². The predicted octanol–water partition coefficient (Wildman–Crippen LogP) is 3.66. The number of benzene rings is 1. The van der Waals surface area contributed by atoms with Gasteiger partial charge in [0.1, 0.15) is 0 Å². The first-order valence-corrected chi connectivity index (χ1v) is 7.38. The molecule has 0 heterocycles. The lowest BCUT2D eigenvalue weighted by Gasteiger charge is -2.21. The maximum Gasteiger partial charge on any atom is 0.0672 e. The van der Waals surface area contributed by atoms with E-state index in [1.165, 1.54) is 12.0 Å². The fourth-order valence-corrected chi connectivity index (χ4v) is 2.98. The van der Waals surface area contributed by atoms with Crippen LogP contribution in [-0.4, -0.2) is 12.1 Å². The molecule has 0 radical (unpaired) electrons. The molecule has 3 atom stereocenters. The van der Waals surface area contributed by atoms with Crippen molar-refractivity contribution in [2.45, 2.75) is 44.7 Å². The second kappa shape index (κ2) is 6.36. The molecule has 1 saturated carbocycles. The van der Waals surface area contributed by atoms with Gasteiger partial charge in [-0.25, -0.2) is 0 Å². The SMILES string of the molecule is CC(Cc1ccc(Br)cc1)NC1CCCC1C#N. The third-order valence-corrected chi connectivity index (χ3v) is 4.16. The first kappa shape index (κ1) is 13.6. The molecule has 2 rings (SSSR count). The van der Waals surface area contributed by atoms with Crippen molar-refractivity contribution >= 4 is 15.9 Å². The molecule has 0 saturated heterocycles. The Morgan fingerprint density at radius 2 is 2.11 bits per heavy atom. The van der Waals surface area contributed by atoms with E-state index in [2.05, 4.69) is 58.5 Å². The van der Waals surface area contributed by atoms with Crippen molar-refractivity contribution in [2.75, 3.05) is 0 Å². The number of rotatable bonds is 4. The fourth-order valence-electron chi connectivity index (χ4n) is 2.71. The molecular weight excluding hydrogens is 288 g/mol. The third kappa shape index (κ3) is 3.57. The highest BCUT2D eigenvalue weighted by Crippen LogP contribution is 2.25. The summed E-state index contributed by atoms with van der Waals surface area (Å²) in [6.45, 7) is 2.20. The van der Waals surface area contributed by atoms with Crippen LogP contribution in [0.4, 0.5) is 0 Å². The number of nitrogens with zero attached hydrogens (tertiary/aromatic N) is 1. The molecule has 0 aromatic heterocycles. The Morgan fingerprint density at radius 1 is 1.39 bits per heavy atom. The van der Waals surface area contributed by atoms with Crippen molar-refractivity contribution in [2.24, 2.45) is 5.92 Å². The number of hydrogen-bond donors (Lipinski definition) is 1. The van der Waals surface area contributed by atoms with Crippen LogP contribution in [0.15, 0.2) is 28.7 Å². The summed E-state index contributed by atoms with van der Waals surface area (Å²) >= 11 is 3.45. The summed E-state index contributed by atoms with van der Waals surface area (Å²) in [5, 5.41) is 12.7. The molecule has 18 heavy (non-hydrogen) atoms. The number of nitrogens with one attached hydrogen (secondary N) is 1. The first-order chi connectivity index (χ1) is 8.69. The van der Waals surface area contributed by atoms with Crippen LogP contribution in [0.1, 0.15) is 31.7 Å². The molecular formula is C15H19BrN2. The second-order valence-corrected chi connectivity index (χ2v) is 6.09. The highest BCUT2D eigenvalue weighted by molar-refractivity contribution is 9.10. The predicted molar refractivity (Wildman–Crippen MR) is 77.2 cm³/mol. The molecule has 1 aromatic carbocycles. The van der Waals surface area contributed by atoms with Gasteiger partial charge in [-0.1, -0.05) is 34.5 Å². The summed E-state index contributed by atoms with van der Waals surface area (Å²) in [6, 6.07) is 11.7. The van der Waals surface area contributed by atoms with Crippen LogP contribution in [0, 0.1) is 17.2 Å². The van der Waals surface area contributed by atoms with Crippen molar-refractivity contribution in [3.63, 3.8) is 0 Å². The summed E-state index contributed by atoms with van der Waals surface area (Å²) in [7, 11) is 0. The van der Waals surface area contributed by atoms with Crippen molar-refractivity contribution in [1.29, 1.82) is 5.26 Å². The smallest absolute Gasteiger partial charge is 0.0672 e. The van der Waals surface area contributed by atoms with Gasteiger partial charge in [-0.2, -0.15) is 5.26 Å². The van der Waals surface area contributed by atoms with Crippen molar-refractivity contribution in [3.05, 3.63) is 34.3 Å². The van der Waals surface area contributed by atoms with Crippen molar-refractivity contribution in [3.8, 4) is 6.07 Å². The zero-order valence-corrected chi connectivity index (χ0v) is 12.3. The Labute approximate surface area is 118 Å². The minimum atomic E-state index is 0.206. The second-order valence-electron chi connectivity index (χ2n) is 5.17. The molecule has 3 unspecified atom stereocenters. The topological polar surface area (TPSA) is 35.8 Å². The fraction of sp³-hybridized carbons (Fsp3) is 0.533. The lowest BCUT2D eigenvalue weighted by Crippen LogP contribution is -2.39. The van der Waals surface area contributed by atoms with E-state index in [0.717, 1.165) is 23.7 Å². The van der Waals surface area contributed by atoms with Gasteiger partial charge in [0.2, 0.25) is 0 Å². The maximum absolute atomic E-state index is 9.07. The normalized spacial score (nSPS) is 24.7. The van der Waals surface area contributed by atoms with E-state index in [1.54, 1.807) is 0 Å². The highest BCUT2D eigenvalue weighted by atomic mass is 79.9. The summed E-state index contributed by atoms with van der Waals surface area (Å²) in [4.78, 5) is 0. The number of halogens is 1. The van der Waals surface area contributed by atoms with E-state index >= 15 is 0 Å². The van der Waals surface area contributed by atoms with Gasteiger partial charge >= 0.3 is 0 Å². The molecule has 2 nitrogen and oxygen atoms in total. The zero-order chi connectivity index (χ0) is 13.0. The Morgan fingerprint density at radius 3 is 2.78 bits per heavy atom. The van der Waals surface area contributed by atoms with Crippen LogP contribution in [0.3, 0.4) is 0 Å². The van der Waals surface area contributed by atoms with Gasteiger partial charge < -0.3 is 5.32 Å². The lowest BCUT2D eigenvalue weighted by molar-refractivity contribution is 0.408. The molecule has 3 heteroatoms. The average molecular weight is 307 g/mol. The zero-order valence-electron chi connectivity index (χ0n) is 10.7. The largest absolute Gasteiger partial charge is 0.310 e. The molecule has 1 fully saturated rings. The summed E-state index contributed by atoms with van der Waals surface area (Å²) in [5.74, 6) is 0.206. The van der Waals surface area contributed by atoms with E-state index in [4.69, 9.17) is 5.26 Å². The van der Waals surface area contributed by atoms with Gasteiger partial charge in [0, 0.05) is 16.6 Å². The van der Waals surface area contributed by atoms with Crippen LogP contribution in [-0.2, 0) is 6.42 Å². The molecule has 1 aliphatic rings. The van der Waals surface area contributed by atoms with E-state index < -0.39 is 0 Å². The van der Waals surface area contributed by atoms with E-state index in [9.17, 15) is 0 Å². The van der Waals surface area contributed by atoms with E-state index in [-0.39, 0.29) is 5.92 Å². The quantitative estimate of drug-likeness (QED) is 0.921. The van der Waals surface area contributed by atoms with Gasteiger partial charge in [0.25, 0.3) is 0 Å². The van der Waals surface area contributed by atoms with E-state index in [1.807, 2.05) is 0 Å². The van der Waals surface area contributed by atoms with Gasteiger partial charge in [0.15, 0.2) is 0 Å². The molecule has 0 aliphatic heterocycles. The summed E-state index contributed by atoms with van der Waals surface area (Å²) in [6.07, 6.45) is 4.39. The minimum absolute atomic E-state index is 0.206. The van der Waals surface area contributed by atoms with Gasteiger partial charge in [-0.3, -0.25) is 0 Å². The Hall–Kier alpha value is -0.850. The third-order valence-electron chi connectivity index (χ3n) is 3.64. The van der Waals surface area contributed by atoms with Crippen molar-refractivity contribution < 1.29 is 0 Å². The lowest BCUT2D eigenvalue weighted by atomic mass is 10.0. The highest BCUT2D eigenvalue weighted by Gasteiger charge is 2.27. The van der Waals surface area contributed by atoms with Crippen LogP contribution in [0.2, 0.25) is 0 Å². The monoisotopic (exact) mass is 306 g/mol. The molecule has 1 N–H and O–H groups in total. The molecule has 1 aromatic rings. The van der Waals surface area contributed by atoms with Crippen LogP contribution in [0.25, 0.3) is 0 Å². The first-order valence-electron chi connectivity index (χ1n) is 6.59. The van der Waals surface area contributed by atoms with Gasteiger partial charge in [-0.15, -0.1) is 0 Å². The van der Waals surface area contributed by atoms with E-state index in [0.29, 0.717) is 12.1 Å². The standard InChI is InChI=1S/C15H19BrN2/c1-11(9-12-5-7-14(16)8-6-12)18-15-4-2-3-13(15)10-17/h5-8,11,13,15,18H,2-4,9H2,1H3. The van der Waals surface area contributed by atoms with Gasteiger partial charge in [-0.05, 0) is 43.9 Å². The molecule has 0 amide bonds. The molecule has 0 spiro atoms. The molecule has 0 bridgehead atoms. The molecule has 96 valence electrons. The Kier molecular flexibility index (Phi) is 4.79. The average Bonchev–Trinajstić information content (AvgIpc) is 2.79. The number of hydrogen-bond acceptors (Lipinski definition) is 2. The molecule has 1 aliphatic carbocycles. The Bertz CT molecular complexity index is 421. The number of nitriles is 1. The summed E-state index contributed by atoms with van der Waals surface area (Å²) < 4.78 is 1.12. The maximum atomic E-state index is 9.07. The van der Waals surface area contributed by atoms with Crippen LogP contribution < -0.4 is 5.32 Å². The van der Waals surface area contributed by atoms with Crippen LogP contribution in [0.5, 0.6) is 0 Å². The van der Waals surface area contributed by atoms with Crippen LogP contribution >= 0.6 is 15.9 Å². The summed E-state index contributed by atoms with van der Waals surface area (Å²) in [5.41, 5.74) is 1.34. The minimum Gasteiger partial charge on any atom is -0.310 e. The Balaban J connectivity index is 1.87.